The van der Waals surface area contributed by atoms with Gasteiger partial charge in [-0.2, -0.15) is 5.10 Å². The van der Waals surface area contributed by atoms with Gasteiger partial charge < -0.3 is 24.8 Å². The number of hydrogen-bond acceptors (Lipinski definition) is 6. The highest BCUT2D eigenvalue weighted by Crippen LogP contribution is 2.34. The Labute approximate surface area is 193 Å². The van der Waals surface area contributed by atoms with Crippen LogP contribution < -0.4 is 20.1 Å². The molecule has 9 heteroatoms. The summed E-state index contributed by atoms with van der Waals surface area (Å²) in [7, 11) is 6.33. The molecule has 2 aromatic rings. The summed E-state index contributed by atoms with van der Waals surface area (Å²) in [5.74, 6) is 0.993. The molecule has 2 N–H and O–H groups in total. The molecule has 0 saturated carbocycles. The Balaban J connectivity index is 2.06. The van der Waals surface area contributed by atoms with Gasteiger partial charge in [0.25, 0.3) is 5.91 Å². The molecule has 0 radical (unpaired) electrons. The molecule has 1 heterocycles. The monoisotopic (exact) mass is 454 g/mol. The Hall–Kier alpha value is -3.59. The number of urea groups is 1. The number of carbonyl (C=O) groups excluding carboxylic acids is 2. The summed E-state index contributed by atoms with van der Waals surface area (Å²) in [6.07, 6.45) is 0.579. The van der Waals surface area contributed by atoms with Crippen LogP contribution in [0.1, 0.15) is 34.0 Å². The van der Waals surface area contributed by atoms with Gasteiger partial charge in [0.15, 0.2) is 11.5 Å². The summed E-state index contributed by atoms with van der Waals surface area (Å²) in [6.45, 7) is 2.81. The fraction of sp³-hybridized carbons (Fsp3) is 0.375. The largest absolute Gasteiger partial charge is 0.493 e. The van der Waals surface area contributed by atoms with Gasteiger partial charge in [0.1, 0.15) is 0 Å². The first-order chi connectivity index (χ1) is 15.9. The summed E-state index contributed by atoms with van der Waals surface area (Å²) < 4.78 is 16.0. The zero-order valence-electron chi connectivity index (χ0n) is 19.6. The van der Waals surface area contributed by atoms with Gasteiger partial charge in [-0.05, 0) is 43.2 Å². The number of carbonyl (C=O) groups is 2. The summed E-state index contributed by atoms with van der Waals surface area (Å²) in [5.41, 5.74) is 3.70. The third-order valence-corrected chi connectivity index (χ3v) is 5.44. The van der Waals surface area contributed by atoms with Gasteiger partial charge in [-0.3, -0.25) is 4.79 Å². The molecule has 0 aliphatic carbocycles. The lowest BCUT2D eigenvalue weighted by molar-refractivity contribution is 0.0937. The van der Waals surface area contributed by atoms with Crippen LogP contribution in [0.4, 0.5) is 4.79 Å². The molecule has 1 atom stereocenters. The maximum Gasteiger partial charge on any atom is 0.337 e. The molecule has 1 aliphatic heterocycles. The molecule has 3 amide bonds. The van der Waals surface area contributed by atoms with Gasteiger partial charge in [-0.25, -0.2) is 9.80 Å². The molecule has 0 saturated heterocycles. The van der Waals surface area contributed by atoms with Crippen molar-refractivity contribution in [1.82, 2.24) is 15.6 Å². The van der Waals surface area contributed by atoms with Crippen LogP contribution in [0.5, 0.6) is 11.5 Å². The maximum atomic E-state index is 12.6. The zero-order chi connectivity index (χ0) is 24.0. The van der Waals surface area contributed by atoms with Crippen LogP contribution in [-0.2, 0) is 11.2 Å². The summed E-state index contributed by atoms with van der Waals surface area (Å²) >= 11 is 0. The van der Waals surface area contributed by atoms with E-state index in [0.29, 0.717) is 42.3 Å². The summed E-state index contributed by atoms with van der Waals surface area (Å²) in [5, 5.41) is 11.6. The van der Waals surface area contributed by atoms with Crippen molar-refractivity contribution in [2.24, 2.45) is 5.10 Å². The van der Waals surface area contributed by atoms with E-state index >= 15 is 0 Å². The molecule has 9 nitrogen and oxygen atoms in total. The second kappa shape index (κ2) is 10.8. The number of hydrazone groups is 1. The number of methoxy groups -OCH3 is 3. The summed E-state index contributed by atoms with van der Waals surface area (Å²) in [4.78, 5) is 24.9. The van der Waals surface area contributed by atoms with Crippen molar-refractivity contribution in [3.8, 4) is 11.5 Å². The van der Waals surface area contributed by atoms with Crippen molar-refractivity contribution in [3.63, 3.8) is 0 Å². The predicted octanol–water partition coefficient (Wildman–Crippen LogP) is 2.42. The van der Waals surface area contributed by atoms with Gasteiger partial charge in [-0.1, -0.05) is 12.1 Å². The average Bonchev–Trinajstić information content (AvgIpc) is 2.98. The normalized spacial score (nSPS) is 15.1. The lowest BCUT2D eigenvalue weighted by Gasteiger charge is -2.22. The molecule has 1 unspecified atom stereocenters. The van der Waals surface area contributed by atoms with Crippen LogP contribution in [-0.4, -0.2) is 70.2 Å². The van der Waals surface area contributed by atoms with E-state index in [1.54, 1.807) is 40.5 Å². The van der Waals surface area contributed by atoms with Crippen LogP contribution in [0.15, 0.2) is 41.5 Å². The van der Waals surface area contributed by atoms with E-state index in [-0.39, 0.29) is 18.0 Å². The van der Waals surface area contributed by atoms with E-state index in [9.17, 15) is 9.59 Å². The number of hydrogen-bond donors (Lipinski definition) is 2. The Morgan fingerprint density at radius 1 is 1.09 bits per heavy atom. The molecular formula is C24H30N4O5. The first kappa shape index (κ1) is 24.1. The third-order valence-electron chi connectivity index (χ3n) is 5.44. The van der Waals surface area contributed by atoms with Crippen molar-refractivity contribution in [1.29, 1.82) is 0 Å². The van der Waals surface area contributed by atoms with Gasteiger partial charge in [-0.15, -0.1) is 0 Å². The van der Waals surface area contributed by atoms with Crippen LogP contribution in [0.3, 0.4) is 0 Å². The van der Waals surface area contributed by atoms with Gasteiger partial charge in [0, 0.05) is 37.4 Å². The quantitative estimate of drug-likeness (QED) is 0.626. The minimum absolute atomic E-state index is 0.186. The Morgan fingerprint density at radius 3 is 2.36 bits per heavy atom. The number of benzene rings is 2. The van der Waals surface area contributed by atoms with Gasteiger partial charge in [0.2, 0.25) is 0 Å². The number of nitrogens with zero attached hydrogens (tertiary/aromatic N) is 2. The topological polar surface area (TPSA) is 101 Å². The van der Waals surface area contributed by atoms with Crippen LogP contribution in [0.25, 0.3) is 0 Å². The van der Waals surface area contributed by atoms with Crippen LogP contribution in [0, 0.1) is 0 Å². The number of nitrogens with one attached hydrogen (secondary N) is 2. The van der Waals surface area contributed by atoms with E-state index in [2.05, 4.69) is 10.6 Å². The molecular weight excluding hydrogens is 424 g/mol. The second-order valence-corrected chi connectivity index (χ2v) is 7.59. The van der Waals surface area contributed by atoms with Crippen molar-refractivity contribution < 1.29 is 23.8 Å². The smallest absolute Gasteiger partial charge is 0.337 e. The third kappa shape index (κ3) is 5.25. The Bertz CT molecular complexity index is 1040. The van der Waals surface area contributed by atoms with E-state index < -0.39 is 0 Å². The average molecular weight is 455 g/mol. The molecule has 0 aromatic heterocycles. The minimum Gasteiger partial charge on any atom is -0.493 e. The highest BCUT2D eigenvalue weighted by atomic mass is 16.5. The van der Waals surface area contributed by atoms with E-state index in [0.717, 1.165) is 16.7 Å². The molecule has 0 fully saturated rings. The number of rotatable bonds is 7. The first-order valence-corrected chi connectivity index (χ1v) is 10.7. The molecule has 1 aliphatic rings. The van der Waals surface area contributed by atoms with Crippen molar-refractivity contribution in [3.05, 3.63) is 58.7 Å². The number of fused-ring (bicyclic) bond motifs is 1. The highest BCUT2D eigenvalue weighted by Gasteiger charge is 2.28. The lowest BCUT2D eigenvalue weighted by atomic mass is 9.93. The van der Waals surface area contributed by atoms with E-state index in [1.165, 1.54) is 5.01 Å². The second-order valence-electron chi connectivity index (χ2n) is 7.59. The van der Waals surface area contributed by atoms with Crippen LogP contribution in [0.2, 0.25) is 0 Å². The lowest BCUT2D eigenvalue weighted by Crippen LogP contribution is -2.41. The summed E-state index contributed by atoms with van der Waals surface area (Å²) in [6, 6.07) is 10.4. The fourth-order valence-corrected chi connectivity index (χ4v) is 3.70. The number of amides is 3. The number of ether oxygens (including phenoxy) is 3. The first-order valence-electron chi connectivity index (χ1n) is 10.7. The molecule has 0 bridgehead atoms. The maximum absolute atomic E-state index is 12.6. The standard InChI is InChI=1S/C24H30N4O5/c1-15-12-18-13-20(32-4)21(33-5)14-19(18)22(27-28(15)24(30)25-2)16-6-8-17(9-7-16)23(29)26-10-11-31-3/h6-9,13-15H,10-12H2,1-5H3,(H,25,30)(H,26,29). The highest BCUT2D eigenvalue weighted by molar-refractivity contribution is 6.15. The molecule has 2 aromatic carbocycles. The molecule has 0 spiro atoms. The fourth-order valence-electron chi connectivity index (χ4n) is 3.70. The molecule has 176 valence electrons. The van der Waals surface area contributed by atoms with Gasteiger partial charge in [0.05, 0.1) is 32.6 Å². The van der Waals surface area contributed by atoms with Crippen LogP contribution >= 0.6 is 0 Å². The Kier molecular flexibility index (Phi) is 7.89. The predicted molar refractivity (Wildman–Crippen MR) is 125 cm³/mol. The van der Waals surface area contributed by atoms with E-state index in [1.807, 2.05) is 31.2 Å². The van der Waals surface area contributed by atoms with Crippen molar-refractivity contribution in [2.45, 2.75) is 19.4 Å². The SMILES string of the molecule is CNC(=O)N1N=C(c2ccc(C(=O)NCCOC)cc2)c2cc(OC)c(OC)cc2CC1C. The van der Waals surface area contributed by atoms with Crippen molar-refractivity contribution in [2.75, 3.05) is 41.5 Å². The zero-order valence-corrected chi connectivity index (χ0v) is 19.6. The molecule has 33 heavy (non-hydrogen) atoms. The van der Waals surface area contributed by atoms with E-state index in [4.69, 9.17) is 19.3 Å². The minimum atomic E-state index is -0.305. The molecule has 3 rings (SSSR count). The van der Waals surface area contributed by atoms with Crippen molar-refractivity contribution >= 4 is 17.6 Å². The van der Waals surface area contributed by atoms with Gasteiger partial charge >= 0.3 is 6.03 Å². The Morgan fingerprint density at radius 2 is 1.76 bits per heavy atom.